The number of ether oxygens (including phenoxy) is 1. The van der Waals surface area contributed by atoms with Gasteiger partial charge in [0.2, 0.25) is 0 Å². The highest BCUT2D eigenvalue weighted by molar-refractivity contribution is 5.30. The first-order valence-electron chi connectivity index (χ1n) is 7.20. The van der Waals surface area contributed by atoms with Gasteiger partial charge in [-0.2, -0.15) is 8.78 Å². The van der Waals surface area contributed by atoms with Gasteiger partial charge in [-0.05, 0) is 48.3 Å². The third-order valence-corrected chi connectivity index (χ3v) is 4.51. The highest BCUT2D eigenvalue weighted by Crippen LogP contribution is 2.40. The molecule has 1 fully saturated rings. The van der Waals surface area contributed by atoms with Crippen LogP contribution < -0.4 is 4.74 Å². The molecule has 1 aromatic rings. The van der Waals surface area contributed by atoms with E-state index in [1.54, 1.807) is 12.1 Å². The van der Waals surface area contributed by atoms with Crippen LogP contribution in [0.3, 0.4) is 0 Å². The molecule has 4 heteroatoms. The first kappa shape index (κ1) is 15.2. The Hall–Kier alpha value is -1.16. The Morgan fingerprint density at radius 2 is 1.95 bits per heavy atom. The lowest BCUT2D eigenvalue weighted by atomic mass is 9.73. The van der Waals surface area contributed by atoms with Gasteiger partial charge in [0.25, 0.3) is 0 Å². The quantitative estimate of drug-likeness (QED) is 0.888. The van der Waals surface area contributed by atoms with Gasteiger partial charge in [0.15, 0.2) is 0 Å². The van der Waals surface area contributed by atoms with Crippen molar-refractivity contribution in [2.45, 2.75) is 45.8 Å². The molecule has 0 aromatic heterocycles. The minimum atomic E-state index is -2.84. The van der Waals surface area contributed by atoms with E-state index in [0.717, 1.165) is 19.3 Å². The van der Waals surface area contributed by atoms with Crippen molar-refractivity contribution in [3.63, 3.8) is 0 Å². The zero-order chi connectivity index (χ0) is 14.7. The maximum atomic E-state index is 12.2. The highest BCUT2D eigenvalue weighted by Gasteiger charge is 2.30. The summed E-state index contributed by atoms with van der Waals surface area (Å²) in [5, 5.41) is 10.5. The summed E-state index contributed by atoms with van der Waals surface area (Å²) in [6.07, 6.45) is 2.46. The van der Waals surface area contributed by atoms with Crippen LogP contribution in [-0.4, -0.2) is 11.7 Å². The van der Waals surface area contributed by atoms with Crippen LogP contribution in [-0.2, 0) is 0 Å². The Morgan fingerprint density at radius 3 is 2.60 bits per heavy atom. The van der Waals surface area contributed by atoms with Crippen molar-refractivity contribution >= 4 is 0 Å². The van der Waals surface area contributed by atoms with Crippen LogP contribution >= 0.6 is 0 Å². The molecule has 2 nitrogen and oxygen atoms in total. The van der Waals surface area contributed by atoms with Crippen LogP contribution in [0.15, 0.2) is 24.3 Å². The summed E-state index contributed by atoms with van der Waals surface area (Å²) in [6, 6.07) is 6.41. The molecule has 0 saturated heterocycles. The molecule has 0 radical (unpaired) electrons. The Balaban J connectivity index is 2.07. The number of rotatable bonds is 4. The first-order chi connectivity index (χ1) is 9.47. The fourth-order valence-corrected chi connectivity index (χ4v) is 3.02. The van der Waals surface area contributed by atoms with Crippen molar-refractivity contribution in [2.24, 2.45) is 17.8 Å². The minimum Gasteiger partial charge on any atom is -0.435 e. The zero-order valence-electron chi connectivity index (χ0n) is 11.9. The number of benzene rings is 1. The normalized spacial score (nSPS) is 28.4. The average Bonchev–Trinajstić information content (AvgIpc) is 2.40. The summed E-state index contributed by atoms with van der Waals surface area (Å²) in [5.41, 5.74) is 0.662. The van der Waals surface area contributed by atoms with Crippen molar-refractivity contribution in [2.75, 3.05) is 0 Å². The summed E-state index contributed by atoms with van der Waals surface area (Å²) in [5.74, 6) is 1.58. The minimum absolute atomic E-state index is 0.105. The third kappa shape index (κ3) is 3.69. The lowest BCUT2D eigenvalue weighted by Gasteiger charge is -2.34. The van der Waals surface area contributed by atoms with E-state index in [-0.39, 0.29) is 11.7 Å². The number of aliphatic hydroxyl groups excluding tert-OH is 1. The van der Waals surface area contributed by atoms with Gasteiger partial charge in [-0.25, -0.2) is 0 Å². The summed E-state index contributed by atoms with van der Waals surface area (Å²) in [7, 11) is 0. The fraction of sp³-hybridized carbons (Fsp3) is 0.625. The molecule has 1 aliphatic carbocycles. The number of alkyl halides is 2. The van der Waals surface area contributed by atoms with Gasteiger partial charge in [-0.1, -0.05) is 32.4 Å². The van der Waals surface area contributed by atoms with Crippen LogP contribution in [0.2, 0.25) is 0 Å². The summed E-state index contributed by atoms with van der Waals surface area (Å²) < 4.78 is 28.8. The van der Waals surface area contributed by atoms with Gasteiger partial charge < -0.3 is 9.84 Å². The van der Waals surface area contributed by atoms with E-state index in [1.807, 2.05) is 0 Å². The van der Waals surface area contributed by atoms with Gasteiger partial charge in [0, 0.05) is 0 Å². The number of hydrogen-bond acceptors (Lipinski definition) is 2. The van der Waals surface area contributed by atoms with Crippen molar-refractivity contribution in [1.82, 2.24) is 0 Å². The van der Waals surface area contributed by atoms with Crippen molar-refractivity contribution in [3.05, 3.63) is 29.8 Å². The molecule has 1 aliphatic rings. The van der Waals surface area contributed by atoms with E-state index < -0.39 is 12.7 Å². The second-order valence-corrected chi connectivity index (χ2v) is 5.92. The topological polar surface area (TPSA) is 29.5 Å². The maximum absolute atomic E-state index is 12.2. The van der Waals surface area contributed by atoms with Crippen molar-refractivity contribution in [1.29, 1.82) is 0 Å². The molecule has 1 aromatic carbocycles. The molecule has 1 saturated carbocycles. The monoisotopic (exact) mass is 284 g/mol. The Labute approximate surface area is 118 Å². The number of halogens is 2. The molecule has 0 aliphatic heterocycles. The van der Waals surface area contributed by atoms with Crippen molar-refractivity contribution < 1.29 is 18.6 Å². The molecule has 0 amide bonds. The van der Waals surface area contributed by atoms with Gasteiger partial charge in [0.1, 0.15) is 5.75 Å². The summed E-state index contributed by atoms with van der Waals surface area (Å²) in [6.45, 7) is 1.61. The van der Waals surface area contributed by atoms with Gasteiger partial charge in [0.05, 0.1) is 6.10 Å². The zero-order valence-corrected chi connectivity index (χ0v) is 11.9. The van der Waals surface area contributed by atoms with E-state index in [2.05, 4.69) is 18.6 Å². The average molecular weight is 284 g/mol. The molecule has 0 spiro atoms. The fourth-order valence-electron chi connectivity index (χ4n) is 3.02. The van der Waals surface area contributed by atoms with E-state index >= 15 is 0 Å². The smallest absolute Gasteiger partial charge is 0.387 e. The molecule has 1 N–H and O–H groups in total. The predicted octanol–water partition coefficient (Wildman–Crippen LogP) is 4.39. The highest BCUT2D eigenvalue weighted by atomic mass is 19.3. The second-order valence-electron chi connectivity index (χ2n) is 5.92. The molecule has 0 bridgehead atoms. The largest absolute Gasteiger partial charge is 0.435 e. The second kappa shape index (κ2) is 6.53. The molecule has 4 atom stereocenters. The lowest BCUT2D eigenvalue weighted by molar-refractivity contribution is -0.0500. The summed E-state index contributed by atoms with van der Waals surface area (Å²) in [4.78, 5) is 0. The molecule has 0 heterocycles. The van der Waals surface area contributed by atoms with Crippen LogP contribution in [0.1, 0.15) is 44.8 Å². The number of aliphatic hydroxyl groups is 1. The third-order valence-electron chi connectivity index (χ3n) is 4.51. The lowest BCUT2D eigenvalue weighted by Crippen LogP contribution is -2.25. The Morgan fingerprint density at radius 1 is 1.20 bits per heavy atom. The Kier molecular flexibility index (Phi) is 4.97. The molecular formula is C16H22F2O2. The SMILES string of the molecule is CC1CCC(C(O)c2cccc(OC(F)F)c2)CC1C. The van der Waals surface area contributed by atoms with E-state index in [1.165, 1.54) is 12.1 Å². The number of hydrogen-bond donors (Lipinski definition) is 1. The Bertz CT molecular complexity index is 436. The van der Waals surface area contributed by atoms with Crippen LogP contribution in [0.5, 0.6) is 5.75 Å². The molecule has 2 rings (SSSR count). The standard InChI is InChI=1S/C16H22F2O2/c1-10-6-7-13(8-11(10)2)15(19)12-4-3-5-14(9-12)20-16(17)18/h3-5,9-11,13,15-16,19H,6-8H2,1-2H3. The van der Waals surface area contributed by atoms with Crippen LogP contribution in [0.4, 0.5) is 8.78 Å². The van der Waals surface area contributed by atoms with E-state index in [9.17, 15) is 13.9 Å². The first-order valence-corrected chi connectivity index (χ1v) is 7.20. The molecule has 112 valence electrons. The molecule has 4 unspecified atom stereocenters. The van der Waals surface area contributed by atoms with Crippen molar-refractivity contribution in [3.8, 4) is 5.75 Å². The summed E-state index contributed by atoms with van der Waals surface area (Å²) >= 11 is 0. The van der Waals surface area contributed by atoms with Gasteiger partial charge in [-0.15, -0.1) is 0 Å². The molecular weight excluding hydrogens is 262 g/mol. The van der Waals surface area contributed by atoms with Crippen LogP contribution in [0.25, 0.3) is 0 Å². The van der Waals surface area contributed by atoms with Gasteiger partial charge >= 0.3 is 6.61 Å². The molecule has 20 heavy (non-hydrogen) atoms. The maximum Gasteiger partial charge on any atom is 0.387 e. The van der Waals surface area contributed by atoms with E-state index in [4.69, 9.17) is 0 Å². The van der Waals surface area contributed by atoms with Gasteiger partial charge in [-0.3, -0.25) is 0 Å². The predicted molar refractivity (Wildman–Crippen MR) is 73.7 cm³/mol. The van der Waals surface area contributed by atoms with Crippen LogP contribution in [0, 0.1) is 17.8 Å². The van der Waals surface area contributed by atoms with E-state index in [0.29, 0.717) is 17.4 Å².